The van der Waals surface area contributed by atoms with E-state index in [-0.39, 0.29) is 6.04 Å². The second-order valence-electron chi connectivity index (χ2n) is 3.42. The standard InChI is InChI=1S/C9H17N3OS/c1-6(2)14-5-8-11-9(13-12-8)7(3)10-4/h6-7,10H,5H2,1-4H3. The van der Waals surface area contributed by atoms with E-state index in [9.17, 15) is 0 Å². The summed E-state index contributed by atoms with van der Waals surface area (Å²) >= 11 is 1.81. The summed E-state index contributed by atoms with van der Waals surface area (Å²) in [6.07, 6.45) is 0. The van der Waals surface area contributed by atoms with Crippen molar-refractivity contribution in [3.63, 3.8) is 0 Å². The maximum Gasteiger partial charge on any atom is 0.243 e. The van der Waals surface area contributed by atoms with Gasteiger partial charge in [0.15, 0.2) is 5.82 Å². The molecule has 1 rings (SSSR count). The van der Waals surface area contributed by atoms with Gasteiger partial charge < -0.3 is 9.84 Å². The summed E-state index contributed by atoms with van der Waals surface area (Å²) in [6, 6.07) is 0.125. The Kier molecular flexibility index (Phi) is 4.41. The Hall–Kier alpha value is -0.550. The van der Waals surface area contributed by atoms with E-state index in [1.807, 2.05) is 25.7 Å². The summed E-state index contributed by atoms with van der Waals surface area (Å²) in [4.78, 5) is 4.29. The Morgan fingerprint density at radius 2 is 2.14 bits per heavy atom. The fraction of sp³-hybridized carbons (Fsp3) is 0.778. The topological polar surface area (TPSA) is 51.0 Å². The lowest BCUT2D eigenvalue weighted by atomic mass is 10.3. The Morgan fingerprint density at radius 1 is 1.43 bits per heavy atom. The van der Waals surface area contributed by atoms with Gasteiger partial charge in [0.2, 0.25) is 5.89 Å². The van der Waals surface area contributed by atoms with Crippen LogP contribution in [0.25, 0.3) is 0 Å². The minimum Gasteiger partial charge on any atom is -0.338 e. The van der Waals surface area contributed by atoms with Gasteiger partial charge in [0, 0.05) is 0 Å². The summed E-state index contributed by atoms with van der Waals surface area (Å²) in [6.45, 7) is 6.30. The maximum atomic E-state index is 5.11. The van der Waals surface area contributed by atoms with Crippen LogP contribution in [-0.4, -0.2) is 22.4 Å². The third kappa shape index (κ3) is 3.31. The quantitative estimate of drug-likeness (QED) is 0.814. The van der Waals surface area contributed by atoms with Crippen LogP contribution < -0.4 is 5.32 Å². The summed E-state index contributed by atoms with van der Waals surface area (Å²) in [7, 11) is 1.87. The van der Waals surface area contributed by atoms with Crippen molar-refractivity contribution in [2.75, 3.05) is 7.05 Å². The molecule has 4 nitrogen and oxygen atoms in total. The highest BCUT2D eigenvalue weighted by Crippen LogP contribution is 2.16. The predicted octanol–water partition coefficient (Wildman–Crippen LogP) is 1.99. The molecule has 1 unspecified atom stereocenters. The molecule has 0 radical (unpaired) electrons. The number of nitrogens with one attached hydrogen (secondary N) is 1. The van der Waals surface area contributed by atoms with E-state index >= 15 is 0 Å². The molecule has 1 aromatic rings. The summed E-state index contributed by atoms with van der Waals surface area (Å²) in [5.74, 6) is 2.25. The van der Waals surface area contributed by atoms with Crippen molar-refractivity contribution in [2.24, 2.45) is 0 Å². The highest BCUT2D eigenvalue weighted by molar-refractivity contribution is 7.99. The molecule has 0 saturated carbocycles. The zero-order valence-corrected chi connectivity index (χ0v) is 9.89. The first-order valence-electron chi connectivity index (χ1n) is 4.74. The molecule has 0 aliphatic rings. The van der Waals surface area contributed by atoms with Crippen molar-refractivity contribution in [3.05, 3.63) is 11.7 Å². The largest absolute Gasteiger partial charge is 0.338 e. The molecular formula is C9H17N3OS. The molecule has 0 aromatic carbocycles. The fourth-order valence-electron chi connectivity index (χ4n) is 0.867. The summed E-state index contributed by atoms with van der Waals surface area (Å²) in [5.41, 5.74) is 0. The van der Waals surface area contributed by atoms with Gasteiger partial charge in [-0.1, -0.05) is 19.0 Å². The lowest BCUT2D eigenvalue weighted by molar-refractivity contribution is 0.344. The molecule has 0 aliphatic heterocycles. The molecule has 14 heavy (non-hydrogen) atoms. The lowest BCUT2D eigenvalue weighted by Crippen LogP contribution is -2.12. The first-order valence-corrected chi connectivity index (χ1v) is 5.79. The number of hydrogen-bond acceptors (Lipinski definition) is 5. The van der Waals surface area contributed by atoms with Crippen molar-refractivity contribution >= 4 is 11.8 Å². The molecule has 80 valence electrons. The van der Waals surface area contributed by atoms with Crippen LogP contribution in [0, 0.1) is 0 Å². The Bertz CT molecular complexity index is 275. The van der Waals surface area contributed by atoms with Gasteiger partial charge in [-0.15, -0.1) is 0 Å². The van der Waals surface area contributed by atoms with Crippen LogP contribution in [0.1, 0.15) is 38.5 Å². The molecule has 5 heteroatoms. The zero-order chi connectivity index (χ0) is 10.6. The second kappa shape index (κ2) is 5.36. The van der Waals surface area contributed by atoms with Crippen LogP contribution in [0.3, 0.4) is 0 Å². The predicted molar refractivity (Wildman–Crippen MR) is 58.2 cm³/mol. The molecule has 1 heterocycles. The lowest BCUT2D eigenvalue weighted by Gasteiger charge is -2.01. The molecule has 0 spiro atoms. The van der Waals surface area contributed by atoms with E-state index in [0.29, 0.717) is 11.1 Å². The van der Waals surface area contributed by atoms with E-state index in [0.717, 1.165) is 11.6 Å². The van der Waals surface area contributed by atoms with Crippen LogP contribution in [0.4, 0.5) is 0 Å². The Labute approximate surface area is 88.8 Å². The van der Waals surface area contributed by atoms with Gasteiger partial charge in [-0.05, 0) is 19.2 Å². The van der Waals surface area contributed by atoms with Crippen molar-refractivity contribution in [1.29, 1.82) is 0 Å². The van der Waals surface area contributed by atoms with Crippen LogP contribution in [-0.2, 0) is 5.75 Å². The van der Waals surface area contributed by atoms with Gasteiger partial charge in [0.05, 0.1) is 11.8 Å². The average molecular weight is 215 g/mol. The SMILES string of the molecule is CNC(C)c1nc(CSC(C)C)no1. The van der Waals surface area contributed by atoms with Crippen molar-refractivity contribution in [2.45, 2.75) is 37.8 Å². The van der Waals surface area contributed by atoms with Gasteiger partial charge in [-0.25, -0.2) is 0 Å². The minimum atomic E-state index is 0.125. The smallest absolute Gasteiger partial charge is 0.243 e. The minimum absolute atomic E-state index is 0.125. The van der Waals surface area contributed by atoms with Crippen LogP contribution in [0.15, 0.2) is 4.52 Å². The monoisotopic (exact) mass is 215 g/mol. The normalized spacial score (nSPS) is 13.5. The van der Waals surface area contributed by atoms with Gasteiger partial charge in [-0.2, -0.15) is 16.7 Å². The highest BCUT2D eigenvalue weighted by atomic mass is 32.2. The van der Waals surface area contributed by atoms with Gasteiger partial charge in [-0.3, -0.25) is 0 Å². The number of hydrogen-bond donors (Lipinski definition) is 1. The number of nitrogens with zero attached hydrogens (tertiary/aromatic N) is 2. The fourth-order valence-corrected chi connectivity index (χ4v) is 1.47. The van der Waals surface area contributed by atoms with E-state index in [4.69, 9.17) is 4.52 Å². The van der Waals surface area contributed by atoms with Crippen LogP contribution in [0.5, 0.6) is 0 Å². The third-order valence-corrected chi connectivity index (χ3v) is 2.92. The molecule has 0 amide bonds. The number of thioether (sulfide) groups is 1. The van der Waals surface area contributed by atoms with Gasteiger partial charge in [0.1, 0.15) is 0 Å². The summed E-state index contributed by atoms with van der Waals surface area (Å²) in [5, 5.41) is 7.56. The Balaban J connectivity index is 2.50. The number of rotatable bonds is 5. The molecule has 0 aliphatic carbocycles. The highest BCUT2D eigenvalue weighted by Gasteiger charge is 2.12. The van der Waals surface area contributed by atoms with Crippen LogP contribution in [0.2, 0.25) is 0 Å². The van der Waals surface area contributed by atoms with E-state index in [1.54, 1.807) is 0 Å². The van der Waals surface area contributed by atoms with E-state index < -0.39 is 0 Å². The zero-order valence-electron chi connectivity index (χ0n) is 9.07. The number of aromatic nitrogens is 2. The van der Waals surface area contributed by atoms with Gasteiger partial charge in [0.25, 0.3) is 0 Å². The van der Waals surface area contributed by atoms with Crippen molar-refractivity contribution in [3.8, 4) is 0 Å². The average Bonchev–Trinajstić information content (AvgIpc) is 2.62. The molecule has 0 bridgehead atoms. The Morgan fingerprint density at radius 3 is 2.71 bits per heavy atom. The second-order valence-corrected chi connectivity index (χ2v) is 4.98. The molecule has 0 fully saturated rings. The molecule has 0 saturated heterocycles. The van der Waals surface area contributed by atoms with Crippen molar-refractivity contribution in [1.82, 2.24) is 15.5 Å². The van der Waals surface area contributed by atoms with Crippen LogP contribution >= 0.6 is 11.8 Å². The maximum absolute atomic E-state index is 5.11. The summed E-state index contributed by atoms with van der Waals surface area (Å²) < 4.78 is 5.11. The third-order valence-electron chi connectivity index (χ3n) is 1.83. The van der Waals surface area contributed by atoms with E-state index in [1.165, 1.54) is 0 Å². The molecule has 1 aromatic heterocycles. The first-order chi connectivity index (χ1) is 6.63. The van der Waals surface area contributed by atoms with E-state index in [2.05, 4.69) is 29.3 Å². The van der Waals surface area contributed by atoms with Crippen molar-refractivity contribution < 1.29 is 4.52 Å². The molecule has 1 N–H and O–H groups in total. The first kappa shape index (κ1) is 11.5. The molecule has 1 atom stereocenters. The molecular weight excluding hydrogens is 198 g/mol. The van der Waals surface area contributed by atoms with Gasteiger partial charge >= 0.3 is 0 Å².